The molecule has 0 saturated carbocycles. The molecule has 1 amide bonds. The molecule has 0 unspecified atom stereocenters. The topological polar surface area (TPSA) is 97.2 Å². The second-order valence-corrected chi connectivity index (χ2v) is 4.16. The third-order valence-corrected chi connectivity index (χ3v) is 2.53. The minimum Gasteiger partial charge on any atom is -0.458 e. The summed E-state index contributed by atoms with van der Waals surface area (Å²) >= 11 is 0. The summed E-state index contributed by atoms with van der Waals surface area (Å²) in [5, 5.41) is 9.20. The molecular weight excluding hydrogens is 291 g/mol. The van der Waals surface area contributed by atoms with E-state index in [4.69, 9.17) is 14.9 Å². The SMILES string of the molecule is CC(=O)Nc1nc(OCc2ccccc2OC=N)ncc1F. The van der Waals surface area contributed by atoms with Crippen molar-refractivity contribution in [2.45, 2.75) is 13.5 Å². The van der Waals surface area contributed by atoms with Crippen molar-refractivity contribution in [3.63, 3.8) is 0 Å². The number of para-hydroxylation sites is 1. The molecule has 0 atom stereocenters. The lowest BCUT2D eigenvalue weighted by Gasteiger charge is -2.09. The summed E-state index contributed by atoms with van der Waals surface area (Å²) in [7, 11) is 0. The average Bonchev–Trinajstić information content (AvgIpc) is 2.49. The first-order chi connectivity index (χ1) is 10.6. The molecule has 0 aliphatic heterocycles. The van der Waals surface area contributed by atoms with E-state index < -0.39 is 11.7 Å². The molecule has 1 aromatic carbocycles. The molecule has 22 heavy (non-hydrogen) atoms. The number of carbonyl (C=O) groups excluding carboxylic acids is 1. The van der Waals surface area contributed by atoms with Gasteiger partial charge in [-0.05, 0) is 6.07 Å². The lowest BCUT2D eigenvalue weighted by Crippen LogP contribution is -2.11. The number of hydrogen-bond donors (Lipinski definition) is 2. The second kappa shape index (κ2) is 7.11. The average molecular weight is 304 g/mol. The first-order valence-corrected chi connectivity index (χ1v) is 6.26. The zero-order valence-electron chi connectivity index (χ0n) is 11.7. The van der Waals surface area contributed by atoms with E-state index in [0.29, 0.717) is 11.3 Å². The Balaban J connectivity index is 2.12. The number of carbonyl (C=O) groups is 1. The predicted octanol–water partition coefficient (Wildman–Crippen LogP) is 2.14. The van der Waals surface area contributed by atoms with Crippen LogP contribution in [0.25, 0.3) is 0 Å². The predicted molar refractivity (Wildman–Crippen MR) is 76.5 cm³/mol. The van der Waals surface area contributed by atoms with Gasteiger partial charge in [0.2, 0.25) is 5.91 Å². The third kappa shape index (κ3) is 3.98. The number of nitrogens with one attached hydrogen (secondary N) is 2. The highest BCUT2D eigenvalue weighted by Crippen LogP contribution is 2.20. The van der Waals surface area contributed by atoms with Crippen molar-refractivity contribution in [3.8, 4) is 11.8 Å². The van der Waals surface area contributed by atoms with Crippen LogP contribution in [0.15, 0.2) is 30.5 Å². The Morgan fingerprint density at radius 2 is 2.23 bits per heavy atom. The summed E-state index contributed by atoms with van der Waals surface area (Å²) in [6.07, 6.45) is 1.72. The molecule has 1 aromatic heterocycles. The molecule has 0 aliphatic rings. The molecule has 1 heterocycles. The summed E-state index contributed by atoms with van der Waals surface area (Å²) < 4.78 is 23.8. The van der Waals surface area contributed by atoms with Crippen molar-refractivity contribution in [1.29, 1.82) is 5.41 Å². The second-order valence-electron chi connectivity index (χ2n) is 4.16. The van der Waals surface area contributed by atoms with Gasteiger partial charge in [-0.25, -0.2) is 9.37 Å². The number of anilines is 1. The van der Waals surface area contributed by atoms with E-state index in [1.807, 2.05) is 0 Å². The molecule has 7 nitrogen and oxygen atoms in total. The Labute approximate surface area is 125 Å². The van der Waals surface area contributed by atoms with Crippen molar-refractivity contribution >= 4 is 18.1 Å². The monoisotopic (exact) mass is 304 g/mol. The van der Waals surface area contributed by atoms with Crippen molar-refractivity contribution < 1.29 is 18.7 Å². The molecular formula is C14H13FN4O3. The number of benzene rings is 1. The van der Waals surface area contributed by atoms with Gasteiger partial charge in [0.05, 0.1) is 6.20 Å². The van der Waals surface area contributed by atoms with E-state index in [9.17, 15) is 9.18 Å². The lowest BCUT2D eigenvalue weighted by molar-refractivity contribution is -0.114. The molecule has 0 saturated heterocycles. The minimum atomic E-state index is -0.755. The van der Waals surface area contributed by atoms with Gasteiger partial charge in [-0.15, -0.1) is 0 Å². The van der Waals surface area contributed by atoms with Gasteiger partial charge >= 0.3 is 6.01 Å². The van der Waals surface area contributed by atoms with Crippen LogP contribution in [0.4, 0.5) is 10.2 Å². The first kappa shape index (κ1) is 15.4. The fourth-order valence-corrected chi connectivity index (χ4v) is 1.62. The van der Waals surface area contributed by atoms with Crippen molar-refractivity contribution in [2.24, 2.45) is 0 Å². The van der Waals surface area contributed by atoms with Crippen LogP contribution in [0.5, 0.6) is 11.8 Å². The number of rotatable bonds is 6. The van der Waals surface area contributed by atoms with Crippen LogP contribution in [0.1, 0.15) is 12.5 Å². The van der Waals surface area contributed by atoms with Crippen LogP contribution in [-0.2, 0) is 11.4 Å². The van der Waals surface area contributed by atoms with Crippen LogP contribution >= 0.6 is 0 Å². The Bertz CT molecular complexity index is 694. The van der Waals surface area contributed by atoms with Crippen molar-refractivity contribution in [3.05, 3.63) is 41.8 Å². The van der Waals surface area contributed by atoms with Crippen LogP contribution in [0, 0.1) is 11.2 Å². The lowest BCUT2D eigenvalue weighted by atomic mass is 10.2. The largest absolute Gasteiger partial charge is 0.458 e. The zero-order valence-corrected chi connectivity index (χ0v) is 11.7. The summed E-state index contributed by atoms with van der Waals surface area (Å²) in [4.78, 5) is 18.4. The number of halogens is 1. The van der Waals surface area contributed by atoms with Gasteiger partial charge in [0.25, 0.3) is 0 Å². The third-order valence-electron chi connectivity index (χ3n) is 2.53. The van der Waals surface area contributed by atoms with E-state index in [1.165, 1.54) is 6.92 Å². The summed E-state index contributed by atoms with van der Waals surface area (Å²) in [6.45, 7) is 1.31. The molecule has 114 valence electrons. The standard InChI is InChI=1S/C14H13FN4O3/c1-9(20)18-13-11(15)6-17-14(19-13)21-7-10-4-2-3-5-12(10)22-8-16/h2-6,8,16H,7H2,1H3,(H,17,18,19,20). The number of nitrogens with zero attached hydrogens (tertiary/aromatic N) is 2. The highest BCUT2D eigenvalue weighted by Gasteiger charge is 2.10. The van der Waals surface area contributed by atoms with E-state index >= 15 is 0 Å². The zero-order chi connectivity index (χ0) is 15.9. The maximum absolute atomic E-state index is 13.4. The molecule has 0 bridgehead atoms. The Kier molecular flexibility index (Phi) is 4.97. The maximum atomic E-state index is 13.4. The molecule has 2 rings (SSSR count). The van der Waals surface area contributed by atoms with Crippen LogP contribution < -0.4 is 14.8 Å². The fraction of sp³-hybridized carbons (Fsp3) is 0.143. The van der Waals surface area contributed by atoms with Crippen molar-refractivity contribution in [2.75, 3.05) is 5.32 Å². The van der Waals surface area contributed by atoms with E-state index in [2.05, 4.69) is 15.3 Å². The molecule has 0 spiro atoms. The van der Waals surface area contributed by atoms with E-state index in [-0.39, 0.29) is 18.4 Å². The first-order valence-electron chi connectivity index (χ1n) is 6.26. The Morgan fingerprint density at radius 3 is 2.95 bits per heavy atom. The van der Waals surface area contributed by atoms with Crippen molar-refractivity contribution in [1.82, 2.24) is 9.97 Å². The number of hydrogen-bond acceptors (Lipinski definition) is 6. The molecule has 0 radical (unpaired) electrons. The van der Waals surface area contributed by atoms with Crippen LogP contribution in [0.3, 0.4) is 0 Å². The maximum Gasteiger partial charge on any atom is 0.318 e. The van der Waals surface area contributed by atoms with Gasteiger partial charge < -0.3 is 14.8 Å². The molecule has 8 heteroatoms. The van der Waals surface area contributed by atoms with Gasteiger partial charge in [-0.3, -0.25) is 10.2 Å². The van der Waals surface area contributed by atoms with E-state index in [1.54, 1.807) is 24.3 Å². The van der Waals surface area contributed by atoms with Gasteiger partial charge in [-0.1, -0.05) is 18.2 Å². The number of aromatic nitrogens is 2. The highest BCUT2D eigenvalue weighted by molar-refractivity contribution is 5.87. The molecule has 0 aliphatic carbocycles. The fourth-order valence-electron chi connectivity index (χ4n) is 1.62. The Hall–Kier alpha value is -3.03. The van der Waals surface area contributed by atoms with E-state index in [0.717, 1.165) is 12.6 Å². The van der Waals surface area contributed by atoms with Crippen LogP contribution in [0.2, 0.25) is 0 Å². The summed E-state index contributed by atoms with van der Waals surface area (Å²) in [5.41, 5.74) is 0.667. The van der Waals surface area contributed by atoms with Gasteiger partial charge in [0, 0.05) is 12.5 Å². The minimum absolute atomic E-state index is 0.0646. The molecule has 0 fully saturated rings. The van der Waals surface area contributed by atoms with Gasteiger partial charge in [0.1, 0.15) is 12.4 Å². The van der Waals surface area contributed by atoms with Gasteiger partial charge in [-0.2, -0.15) is 4.98 Å². The summed E-state index contributed by atoms with van der Waals surface area (Å²) in [6, 6.07) is 6.87. The quantitative estimate of drug-likeness (QED) is 0.629. The molecule has 2 N–H and O–H groups in total. The normalized spacial score (nSPS) is 9.91. The number of ether oxygens (including phenoxy) is 2. The van der Waals surface area contributed by atoms with Gasteiger partial charge in [0.15, 0.2) is 18.0 Å². The van der Waals surface area contributed by atoms with Crippen LogP contribution in [-0.4, -0.2) is 22.3 Å². The molecule has 2 aromatic rings. The Morgan fingerprint density at radius 1 is 1.45 bits per heavy atom. The summed E-state index contributed by atoms with van der Waals surface area (Å²) in [5.74, 6) is -0.994. The smallest absolute Gasteiger partial charge is 0.318 e. The number of amides is 1. The highest BCUT2D eigenvalue weighted by atomic mass is 19.1.